The average molecular weight is 647 g/mol. The Morgan fingerprint density at radius 3 is 2.05 bits per heavy atom. The van der Waals surface area contributed by atoms with E-state index < -0.39 is 29.6 Å². The first-order chi connectivity index (χ1) is 20.9. The minimum atomic E-state index is -4.48. The van der Waals surface area contributed by atoms with Crippen molar-refractivity contribution in [2.45, 2.75) is 85.0 Å². The predicted octanol–water partition coefficient (Wildman–Crippen LogP) is 8.10. The maximum absolute atomic E-state index is 14.2. The summed E-state index contributed by atoms with van der Waals surface area (Å²) in [4.78, 5) is 17.3. The van der Waals surface area contributed by atoms with E-state index in [1.165, 1.54) is 25.0 Å². The summed E-state index contributed by atoms with van der Waals surface area (Å²) in [5, 5.41) is 0.0883. The molecule has 1 aromatic carbocycles. The van der Waals surface area contributed by atoms with Gasteiger partial charge in [0.25, 0.3) is 5.92 Å². The summed E-state index contributed by atoms with van der Waals surface area (Å²) >= 11 is 6.19. The zero-order chi connectivity index (χ0) is 32.8. The molecule has 3 aromatic rings. The van der Waals surface area contributed by atoms with E-state index in [0.29, 0.717) is 42.2 Å². The van der Waals surface area contributed by atoms with Gasteiger partial charge in [-0.15, -0.1) is 0 Å². The van der Waals surface area contributed by atoms with E-state index >= 15 is 0 Å². The van der Waals surface area contributed by atoms with Crippen LogP contribution in [0.2, 0.25) is 5.28 Å². The number of hydrogen-bond donors (Lipinski definition) is 0. The number of hydrogen-bond acceptors (Lipinski definition) is 6. The van der Waals surface area contributed by atoms with Gasteiger partial charge in [0.2, 0.25) is 5.28 Å². The molecule has 6 rings (SSSR count). The van der Waals surface area contributed by atoms with E-state index in [-0.39, 0.29) is 17.7 Å². The van der Waals surface area contributed by atoms with Crippen LogP contribution in [0.25, 0.3) is 11.2 Å². The molecule has 0 bridgehead atoms. The molecule has 2 aliphatic heterocycles. The number of nitrogens with zero attached hydrogens (tertiary/aromatic N) is 6. The van der Waals surface area contributed by atoms with Gasteiger partial charge in [-0.1, -0.05) is 39.8 Å². The third kappa shape index (κ3) is 8.17. The molecular weight excluding hydrogens is 603 g/mol. The zero-order valence-electron chi connectivity index (χ0n) is 26.6. The van der Waals surface area contributed by atoms with Crippen molar-refractivity contribution in [2.75, 3.05) is 37.7 Å². The first kappa shape index (κ1) is 35.9. The molecule has 0 spiro atoms. The molecule has 13 heteroatoms. The van der Waals surface area contributed by atoms with E-state index in [0.717, 1.165) is 31.2 Å². The third-order valence-corrected chi connectivity index (χ3v) is 8.05. The molecular formula is C31H44ClF5N6O. The summed E-state index contributed by atoms with van der Waals surface area (Å²) in [7, 11) is 1.84. The number of imidazole rings is 1. The van der Waals surface area contributed by atoms with Gasteiger partial charge in [0.05, 0.1) is 5.56 Å². The standard InChI is InChI=1S/C23H24ClF5N6.C4H8O.2C2H6/c1-12-11-34(8-9-35(12)20-17-19(31-21(24)32-20)33(3)13(2)30-17)18(16-10-22(16,25)26)14-4-6-15(7-5-14)23(27,28)29;1-2-4-5-3-1;2*1-2/h4-7,12,16,18H,8-11H2,1-3H3;1-4H2;2*1-2H3. The van der Waals surface area contributed by atoms with Crippen LogP contribution in [0.4, 0.5) is 27.8 Å². The second-order valence-electron chi connectivity index (χ2n) is 10.7. The van der Waals surface area contributed by atoms with Gasteiger partial charge < -0.3 is 14.2 Å². The predicted molar refractivity (Wildman–Crippen MR) is 164 cm³/mol. The number of piperazine rings is 1. The molecule has 7 nitrogen and oxygen atoms in total. The lowest BCUT2D eigenvalue weighted by atomic mass is 9.97. The monoisotopic (exact) mass is 646 g/mol. The molecule has 44 heavy (non-hydrogen) atoms. The van der Waals surface area contributed by atoms with Crippen LogP contribution in [0.3, 0.4) is 0 Å². The maximum atomic E-state index is 14.2. The van der Waals surface area contributed by atoms with Crippen LogP contribution in [0, 0.1) is 12.8 Å². The van der Waals surface area contributed by atoms with E-state index in [1.807, 2.05) is 63.0 Å². The average Bonchev–Trinajstić information content (AvgIpc) is 3.35. The Morgan fingerprint density at radius 2 is 1.57 bits per heavy atom. The second-order valence-corrected chi connectivity index (χ2v) is 11.0. The second kappa shape index (κ2) is 15.1. The molecule has 3 unspecified atom stereocenters. The molecule has 1 saturated carbocycles. The largest absolute Gasteiger partial charge is 0.416 e. The summed E-state index contributed by atoms with van der Waals surface area (Å²) in [6, 6.07) is 3.76. The number of fused-ring (bicyclic) bond motifs is 1. The summed E-state index contributed by atoms with van der Waals surface area (Å²) < 4.78 is 74.2. The van der Waals surface area contributed by atoms with E-state index in [9.17, 15) is 22.0 Å². The Morgan fingerprint density at radius 1 is 0.977 bits per heavy atom. The number of alkyl halides is 5. The molecule has 0 radical (unpaired) electrons. The highest BCUT2D eigenvalue weighted by molar-refractivity contribution is 6.28. The molecule has 0 amide bonds. The number of anilines is 1. The molecule has 4 heterocycles. The summed E-state index contributed by atoms with van der Waals surface area (Å²) in [6.07, 6.45) is -2.20. The molecule has 0 N–H and O–H groups in total. The first-order valence-electron chi connectivity index (χ1n) is 15.4. The fourth-order valence-electron chi connectivity index (χ4n) is 5.54. The highest BCUT2D eigenvalue weighted by Crippen LogP contribution is 2.57. The molecule has 1 aliphatic carbocycles. The van der Waals surface area contributed by atoms with Crippen LogP contribution >= 0.6 is 11.6 Å². The van der Waals surface area contributed by atoms with E-state index in [1.54, 1.807) is 0 Å². The minimum Gasteiger partial charge on any atom is -0.381 e. The number of ether oxygens (including phenoxy) is 1. The number of aromatic nitrogens is 4. The van der Waals surface area contributed by atoms with Crippen molar-refractivity contribution in [1.29, 1.82) is 0 Å². The van der Waals surface area contributed by atoms with E-state index in [2.05, 4.69) is 15.0 Å². The van der Waals surface area contributed by atoms with Crippen LogP contribution in [0.1, 0.15) is 76.9 Å². The van der Waals surface area contributed by atoms with Crippen LogP contribution in [-0.4, -0.2) is 69.2 Å². The normalized spacial score (nSPS) is 21.8. The van der Waals surface area contributed by atoms with Crippen molar-refractivity contribution >= 4 is 28.6 Å². The van der Waals surface area contributed by atoms with Crippen LogP contribution < -0.4 is 4.90 Å². The van der Waals surface area contributed by atoms with Gasteiger partial charge in [0, 0.05) is 64.3 Å². The Labute approximate surface area is 261 Å². The van der Waals surface area contributed by atoms with Crippen molar-refractivity contribution in [3.63, 3.8) is 0 Å². The molecule has 2 aromatic heterocycles. The molecule has 2 saturated heterocycles. The van der Waals surface area contributed by atoms with Crippen molar-refractivity contribution in [2.24, 2.45) is 13.0 Å². The van der Waals surface area contributed by atoms with Crippen molar-refractivity contribution in [1.82, 2.24) is 24.4 Å². The number of benzene rings is 1. The van der Waals surface area contributed by atoms with Gasteiger partial charge in [0.15, 0.2) is 17.0 Å². The Bertz CT molecular complexity index is 1340. The van der Waals surface area contributed by atoms with Gasteiger partial charge in [0.1, 0.15) is 5.82 Å². The number of rotatable bonds is 4. The lowest BCUT2D eigenvalue weighted by Crippen LogP contribution is -2.53. The quantitative estimate of drug-likeness (QED) is 0.211. The SMILES string of the molecule is C1CCOC1.CC.CC.Cc1nc2c(N3CCN(C(c4ccc(C(F)(F)F)cc4)C4CC4(F)F)CC3C)nc(Cl)nc2n1C. The Hall–Kier alpha value is -2.57. The fourth-order valence-corrected chi connectivity index (χ4v) is 5.70. The third-order valence-electron chi connectivity index (χ3n) is 7.88. The van der Waals surface area contributed by atoms with Crippen molar-refractivity contribution in [3.05, 3.63) is 46.5 Å². The molecule has 3 fully saturated rings. The Kier molecular flexibility index (Phi) is 12.4. The zero-order valence-corrected chi connectivity index (χ0v) is 27.3. The lowest BCUT2D eigenvalue weighted by Gasteiger charge is -2.44. The van der Waals surface area contributed by atoms with Crippen molar-refractivity contribution < 1.29 is 26.7 Å². The molecule has 3 atom stereocenters. The Balaban J connectivity index is 0.000000519. The van der Waals surface area contributed by atoms with Gasteiger partial charge in [-0.3, -0.25) is 4.90 Å². The van der Waals surface area contributed by atoms with Gasteiger partial charge in [-0.05, 0) is 56.0 Å². The van der Waals surface area contributed by atoms with Crippen LogP contribution in [0.15, 0.2) is 24.3 Å². The minimum absolute atomic E-state index is 0.0883. The maximum Gasteiger partial charge on any atom is 0.416 e. The van der Waals surface area contributed by atoms with Gasteiger partial charge in [-0.25, -0.2) is 13.8 Å². The smallest absolute Gasteiger partial charge is 0.381 e. The van der Waals surface area contributed by atoms with Crippen LogP contribution in [-0.2, 0) is 18.0 Å². The number of aryl methyl sites for hydroxylation is 2. The summed E-state index contributed by atoms with van der Waals surface area (Å²) in [5.74, 6) is -2.43. The molecule has 3 aliphatic rings. The summed E-state index contributed by atoms with van der Waals surface area (Å²) in [6.45, 7) is 15.1. The lowest BCUT2D eigenvalue weighted by molar-refractivity contribution is -0.137. The highest BCUT2D eigenvalue weighted by atomic mass is 35.5. The molecule has 246 valence electrons. The fraction of sp³-hybridized carbons (Fsp3) is 0.645. The van der Waals surface area contributed by atoms with Crippen molar-refractivity contribution in [3.8, 4) is 0 Å². The number of halogens is 6. The highest BCUT2D eigenvalue weighted by Gasteiger charge is 2.62. The van der Waals surface area contributed by atoms with E-state index in [4.69, 9.17) is 16.3 Å². The van der Waals surface area contributed by atoms with Crippen LogP contribution in [0.5, 0.6) is 0 Å². The summed E-state index contributed by atoms with van der Waals surface area (Å²) in [5.41, 5.74) is 0.889. The van der Waals surface area contributed by atoms with Gasteiger partial charge in [-0.2, -0.15) is 23.1 Å². The topological polar surface area (TPSA) is 59.3 Å². The first-order valence-corrected chi connectivity index (χ1v) is 15.7. The van der Waals surface area contributed by atoms with Gasteiger partial charge >= 0.3 is 6.18 Å².